The van der Waals surface area contributed by atoms with Crippen LogP contribution >= 0.6 is 11.6 Å². The lowest BCUT2D eigenvalue weighted by Crippen LogP contribution is -2.60. The van der Waals surface area contributed by atoms with Crippen LogP contribution < -0.4 is 14.4 Å². The molecule has 2 fully saturated rings. The third kappa shape index (κ3) is 7.38. The molecule has 5 aliphatic rings. The molecule has 1 unspecified atom stereocenters. The van der Waals surface area contributed by atoms with Gasteiger partial charge in [-0.3, -0.25) is 19.2 Å². The van der Waals surface area contributed by atoms with E-state index in [0.29, 0.717) is 44.1 Å². The Labute approximate surface area is 321 Å². The van der Waals surface area contributed by atoms with Crippen LogP contribution in [0.2, 0.25) is 5.02 Å². The standard InChI is InChI=1S/C42H57ClN4O5S/c1-28(2)47-20-19-45(24-39(47)48)26-42(51-5)18-7-9-29(3)30(4)53(6,50)44-40(49)32-12-16-38-37(22-32)46(23-33-11-14-36(33)42)25-41(27-52-38)17-8-10-31-21-34(43)13-15-35(31)41/h7,12-13,15-16,18,21-22,28-30,33,36H,6,8-11,14,17,19-20,23-27H2,1-5H3,(H,44,49,50)/b18-7+/t29-,30+,33-,36+,41-,42-,53?/m0/s1. The summed E-state index contributed by atoms with van der Waals surface area (Å²) in [7, 11) is -1.18. The number of hydrogen-bond acceptors (Lipinski definition) is 7. The molecule has 1 spiro atoms. The fraction of sp³-hybridized carbons (Fsp3) is 0.595. The van der Waals surface area contributed by atoms with E-state index >= 15 is 0 Å². The number of amides is 2. The van der Waals surface area contributed by atoms with Crippen molar-refractivity contribution in [3.05, 3.63) is 70.3 Å². The van der Waals surface area contributed by atoms with Gasteiger partial charge in [-0.25, -0.2) is 4.21 Å². The van der Waals surface area contributed by atoms with Crippen LogP contribution in [0.4, 0.5) is 5.69 Å². The maximum Gasteiger partial charge on any atom is 0.262 e. The molecule has 3 aliphatic heterocycles. The number of methoxy groups -OCH3 is 1. The number of ether oxygens (including phenoxy) is 2. The van der Waals surface area contributed by atoms with Gasteiger partial charge in [-0.15, -0.1) is 0 Å². The zero-order valence-electron chi connectivity index (χ0n) is 32.1. The molecule has 7 rings (SSSR count). The molecule has 0 radical (unpaired) electrons. The van der Waals surface area contributed by atoms with Crippen LogP contribution in [0, 0.1) is 17.8 Å². The Bertz CT molecular complexity index is 1870. The number of halogens is 1. The van der Waals surface area contributed by atoms with Crippen LogP contribution in [0.1, 0.15) is 81.3 Å². The van der Waals surface area contributed by atoms with Gasteiger partial charge in [0.15, 0.2) is 0 Å². The average Bonchev–Trinajstić information content (AvgIpc) is 3.25. The predicted molar refractivity (Wildman–Crippen MR) is 215 cm³/mol. The van der Waals surface area contributed by atoms with E-state index in [2.05, 4.69) is 65.4 Å². The monoisotopic (exact) mass is 764 g/mol. The summed E-state index contributed by atoms with van der Waals surface area (Å²) in [5, 5.41) is 0.373. The molecular weight excluding hydrogens is 708 g/mol. The number of hydrogen-bond donors (Lipinski definition) is 1. The Morgan fingerprint density at radius 1 is 1.13 bits per heavy atom. The smallest absolute Gasteiger partial charge is 0.262 e. The maximum absolute atomic E-state index is 14.0. The summed E-state index contributed by atoms with van der Waals surface area (Å²) >= 11 is 6.51. The average molecular weight is 765 g/mol. The molecule has 2 bridgehead atoms. The lowest BCUT2D eigenvalue weighted by Gasteiger charge is -2.52. The molecule has 1 N–H and O–H groups in total. The number of carbonyl (C=O) groups excluding carboxylic acids is 2. The highest BCUT2D eigenvalue weighted by Crippen LogP contribution is 2.49. The zero-order valence-corrected chi connectivity index (χ0v) is 33.6. The van der Waals surface area contributed by atoms with Crippen molar-refractivity contribution in [1.29, 1.82) is 0 Å². The summed E-state index contributed by atoms with van der Waals surface area (Å²) in [6.45, 7) is 12.6. The molecule has 53 heavy (non-hydrogen) atoms. The normalized spacial score (nSPS) is 34.4. The van der Waals surface area contributed by atoms with Crippen LogP contribution in [0.5, 0.6) is 5.75 Å². The van der Waals surface area contributed by atoms with Gasteiger partial charge in [-0.2, -0.15) is 0 Å². The van der Waals surface area contributed by atoms with E-state index in [1.165, 1.54) is 11.1 Å². The van der Waals surface area contributed by atoms with E-state index in [4.69, 9.17) is 21.1 Å². The van der Waals surface area contributed by atoms with Gasteiger partial charge in [0, 0.05) is 67.1 Å². The lowest BCUT2D eigenvalue weighted by molar-refractivity contribution is -0.142. The molecule has 1 saturated carbocycles. The van der Waals surface area contributed by atoms with Gasteiger partial charge >= 0.3 is 0 Å². The summed E-state index contributed by atoms with van der Waals surface area (Å²) in [4.78, 5) is 33.8. The number of carbonyl (C=O) groups is 2. The molecule has 2 aliphatic carbocycles. The first-order valence-corrected chi connectivity index (χ1v) is 21.6. The number of allylic oxidation sites excluding steroid dienone is 1. The number of fused-ring (bicyclic) bond motifs is 4. The minimum Gasteiger partial charge on any atom is -0.490 e. The van der Waals surface area contributed by atoms with Gasteiger partial charge in [-0.05, 0) is 124 Å². The number of piperazine rings is 1. The second kappa shape index (κ2) is 14.9. The van der Waals surface area contributed by atoms with Crippen molar-refractivity contribution in [2.75, 3.05) is 57.9 Å². The lowest BCUT2D eigenvalue weighted by atomic mass is 9.63. The molecule has 7 atom stereocenters. The van der Waals surface area contributed by atoms with E-state index in [1.54, 1.807) is 6.07 Å². The number of nitrogens with zero attached hydrogens (tertiary/aromatic N) is 3. The summed E-state index contributed by atoms with van der Waals surface area (Å²) in [5.74, 6) is 5.04. The predicted octanol–water partition coefficient (Wildman–Crippen LogP) is 6.12. The van der Waals surface area contributed by atoms with Crippen molar-refractivity contribution in [3.63, 3.8) is 0 Å². The molecule has 2 aromatic rings. The second-order valence-corrected chi connectivity index (χ2v) is 19.6. The first-order valence-electron chi connectivity index (χ1n) is 19.5. The molecule has 1 saturated heterocycles. The molecular formula is C42H57ClN4O5S. The molecule has 11 heteroatoms. The van der Waals surface area contributed by atoms with E-state index < -0.39 is 21.2 Å². The van der Waals surface area contributed by atoms with Gasteiger partial charge in [0.2, 0.25) is 5.91 Å². The summed E-state index contributed by atoms with van der Waals surface area (Å²) in [6.07, 6.45) is 10.1. The van der Waals surface area contributed by atoms with Gasteiger partial charge in [-0.1, -0.05) is 36.7 Å². The highest BCUT2D eigenvalue weighted by molar-refractivity contribution is 7.99. The number of nitrogens with one attached hydrogen (secondary N) is 1. The SMILES string of the molecule is C=S1(=O)NC(=O)c2ccc3c(c2)N(C[C@@H]2CC[C@H]2[C@](CN2CCN(C(C)C)C(=O)C2)(OC)/C=C/C[C@H](C)[C@H]1C)C[C@@]1(CCCc2cc(Cl)ccc21)CO3. The molecule has 9 nitrogen and oxygen atoms in total. The number of aryl methyl sites for hydroxylation is 1. The summed E-state index contributed by atoms with van der Waals surface area (Å²) in [5.41, 5.74) is 2.99. The van der Waals surface area contributed by atoms with Gasteiger partial charge < -0.3 is 19.3 Å². The molecule has 288 valence electrons. The van der Waals surface area contributed by atoms with E-state index in [0.717, 1.165) is 68.2 Å². The van der Waals surface area contributed by atoms with Crippen molar-refractivity contribution >= 4 is 44.7 Å². The minimum atomic E-state index is -2.99. The first kappa shape index (κ1) is 38.2. The summed E-state index contributed by atoms with van der Waals surface area (Å²) < 4.78 is 30.2. The number of anilines is 1. The van der Waals surface area contributed by atoms with Gasteiger partial charge in [0.25, 0.3) is 5.91 Å². The van der Waals surface area contributed by atoms with Crippen LogP contribution in [-0.2, 0) is 31.1 Å². The van der Waals surface area contributed by atoms with E-state index in [9.17, 15) is 13.8 Å². The van der Waals surface area contributed by atoms with Crippen molar-refractivity contribution in [2.45, 2.75) is 88.5 Å². The minimum absolute atomic E-state index is 0.0206. The van der Waals surface area contributed by atoms with Crippen LogP contribution in [0.15, 0.2) is 48.6 Å². The van der Waals surface area contributed by atoms with Crippen LogP contribution in [-0.4, -0.2) is 102 Å². The Morgan fingerprint density at radius 2 is 1.94 bits per heavy atom. The summed E-state index contributed by atoms with van der Waals surface area (Å²) in [6, 6.07) is 12.1. The second-order valence-electron chi connectivity index (χ2n) is 16.8. The molecule has 3 heterocycles. The zero-order chi connectivity index (χ0) is 37.7. The third-order valence-electron chi connectivity index (χ3n) is 13.2. The number of rotatable bonds is 4. The highest BCUT2D eigenvalue weighted by Gasteiger charge is 2.50. The topological polar surface area (TPSA) is 91.4 Å². The Hall–Kier alpha value is -3.05. The van der Waals surface area contributed by atoms with Gasteiger partial charge in [0.05, 0.1) is 28.5 Å². The Balaban J connectivity index is 1.30. The largest absolute Gasteiger partial charge is 0.490 e. The third-order valence-corrected chi connectivity index (χ3v) is 15.6. The molecule has 2 amide bonds. The van der Waals surface area contributed by atoms with Crippen molar-refractivity contribution in [1.82, 2.24) is 14.5 Å². The highest BCUT2D eigenvalue weighted by atomic mass is 35.5. The van der Waals surface area contributed by atoms with E-state index in [1.807, 2.05) is 37.1 Å². The molecule has 2 aromatic carbocycles. The van der Waals surface area contributed by atoms with Gasteiger partial charge in [0.1, 0.15) is 11.4 Å². The van der Waals surface area contributed by atoms with Crippen molar-refractivity contribution < 1.29 is 23.3 Å². The maximum atomic E-state index is 14.0. The Kier molecular flexibility index (Phi) is 10.7. The molecule has 0 aromatic heterocycles. The Morgan fingerprint density at radius 3 is 2.66 bits per heavy atom. The van der Waals surface area contributed by atoms with E-state index in [-0.39, 0.29) is 34.4 Å². The fourth-order valence-corrected chi connectivity index (χ4v) is 11.3. The van der Waals surface area contributed by atoms with Crippen molar-refractivity contribution in [2.24, 2.45) is 17.8 Å². The van der Waals surface area contributed by atoms with Crippen LogP contribution in [0.25, 0.3) is 0 Å². The number of benzene rings is 2. The van der Waals surface area contributed by atoms with Crippen LogP contribution in [0.3, 0.4) is 0 Å². The first-order chi connectivity index (χ1) is 25.2. The fourth-order valence-electron chi connectivity index (χ4n) is 9.67. The van der Waals surface area contributed by atoms with Crippen molar-refractivity contribution in [3.8, 4) is 5.75 Å². The quantitative estimate of drug-likeness (QED) is 0.297.